The van der Waals surface area contributed by atoms with Gasteiger partial charge in [-0.15, -0.1) is 0 Å². The van der Waals surface area contributed by atoms with Gasteiger partial charge in [-0.2, -0.15) is 0 Å². The first kappa shape index (κ1) is 25.8. The molecule has 0 aliphatic carbocycles. The lowest BCUT2D eigenvalue weighted by atomic mass is 10.0. The number of fused-ring (bicyclic) bond motifs is 1. The Morgan fingerprint density at radius 3 is 2.62 bits per heavy atom. The van der Waals surface area contributed by atoms with Crippen LogP contribution in [0.3, 0.4) is 0 Å². The summed E-state index contributed by atoms with van der Waals surface area (Å²) in [6.07, 6.45) is -1.09. The van der Waals surface area contributed by atoms with Gasteiger partial charge in [0, 0.05) is 48.6 Å². The number of hydrogen-bond donors (Lipinski definition) is 4. The molecule has 3 aromatic rings. The van der Waals surface area contributed by atoms with Crippen molar-refractivity contribution < 1.29 is 18.7 Å². The summed E-state index contributed by atoms with van der Waals surface area (Å²) in [5.41, 5.74) is 10.3. The second-order valence-electron chi connectivity index (χ2n) is 8.80. The van der Waals surface area contributed by atoms with Crippen LogP contribution in [0.2, 0.25) is 0 Å². The summed E-state index contributed by atoms with van der Waals surface area (Å²) in [7, 11) is 0. The highest BCUT2D eigenvalue weighted by atomic mass is 19.1. The largest absolute Gasteiger partial charge is 0.384 e. The molecule has 4 rings (SSSR count). The van der Waals surface area contributed by atoms with Gasteiger partial charge in [-0.1, -0.05) is 48.5 Å². The summed E-state index contributed by atoms with van der Waals surface area (Å²) < 4.78 is 19.8. The highest BCUT2D eigenvalue weighted by molar-refractivity contribution is 6.02. The minimum Gasteiger partial charge on any atom is -0.384 e. The smallest absolute Gasteiger partial charge is 0.270 e. The number of nitrogens with one attached hydrogen (secondary N) is 3. The molecule has 3 aromatic carbocycles. The molecule has 9 heteroatoms. The minimum atomic E-state index is -1.09. The van der Waals surface area contributed by atoms with Gasteiger partial charge in [-0.3, -0.25) is 15.0 Å². The monoisotopic (exact) mass is 503 g/mol. The number of amidine groups is 1. The second kappa shape index (κ2) is 11.2. The topological polar surface area (TPSA) is 121 Å². The van der Waals surface area contributed by atoms with Gasteiger partial charge in [-0.25, -0.2) is 4.39 Å². The Morgan fingerprint density at radius 2 is 1.92 bits per heavy atom. The fraction of sp³-hybridized carbons (Fsp3) is 0.250. The van der Waals surface area contributed by atoms with E-state index in [0.717, 1.165) is 11.1 Å². The molecule has 37 heavy (non-hydrogen) atoms. The number of nitrogens with zero attached hydrogens (tertiary/aromatic N) is 1. The first-order chi connectivity index (χ1) is 17.8. The van der Waals surface area contributed by atoms with E-state index < -0.39 is 12.1 Å². The van der Waals surface area contributed by atoms with Gasteiger partial charge in [0.05, 0.1) is 0 Å². The number of halogens is 1. The minimum absolute atomic E-state index is 0.108. The molecule has 1 atom stereocenters. The van der Waals surface area contributed by atoms with Crippen LogP contribution in [0.25, 0.3) is 0 Å². The number of ether oxygens (including phenoxy) is 1. The zero-order valence-electron chi connectivity index (χ0n) is 20.8. The Bertz CT molecular complexity index is 1340. The average Bonchev–Trinajstić information content (AvgIpc) is 3.22. The molecule has 1 aliphatic heterocycles. The molecule has 0 aromatic heterocycles. The first-order valence-corrected chi connectivity index (χ1v) is 12.0. The van der Waals surface area contributed by atoms with Crippen LogP contribution >= 0.6 is 0 Å². The molecule has 5 N–H and O–H groups in total. The third-order valence-corrected chi connectivity index (χ3v) is 6.31. The Balaban J connectivity index is 1.50. The highest BCUT2D eigenvalue weighted by Gasteiger charge is 2.37. The third-order valence-electron chi connectivity index (χ3n) is 6.31. The second-order valence-corrected chi connectivity index (χ2v) is 8.80. The summed E-state index contributed by atoms with van der Waals surface area (Å²) >= 11 is 0. The lowest BCUT2D eigenvalue weighted by Crippen LogP contribution is -2.48. The molecule has 0 saturated carbocycles. The van der Waals surface area contributed by atoms with E-state index in [2.05, 4.69) is 10.6 Å². The van der Waals surface area contributed by atoms with Crippen LogP contribution in [-0.2, 0) is 29.2 Å². The van der Waals surface area contributed by atoms with E-state index in [1.165, 1.54) is 11.0 Å². The summed E-state index contributed by atoms with van der Waals surface area (Å²) in [5.74, 6) is -1.13. The lowest BCUT2D eigenvalue weighted by Gasteiger charge is -2.26. The number of carbonyl (C=O) groups is 2. The quantitative estimate of drug-likeness (QED) is 0.249. The van der Waals surface area contributed by atoms with Crippen molar-refractivity contribution in [3.63, 3.8) is 0 Å². The van der Waals surface area contributed by atoms with Crippen molar-refractivity contribution in [2.24, 2.45) is 5.73 Å². The molecule has 0 spiro atoms. The van der Waals surface area contributed by atoms with E-state index in [0.29, 0.717) is 27.9 Å². The lowest BCUT2D eigenvalue weighted by molar-refractivity contribution is -0.143. The average molecular weight is 504 g/mol. The van der Waals surface area contributed by atoms with Gasteiger partial charge in [0.1, 0.15) is 11.7 Å². The standard InChI is InChI=1S/C28H30FN5O3/c1-3-37-28(34-16-21-9-6-7-17(2)24(21)27(34)36)26(35)33-15-20-12-11-18(25(30)31)13-23(20)32-14-19-8-4-5-10-22(19)29/h4-13,28,32H,3,14-16H2,1-2H3,(H3,30,31)(H,33,35)/t28-/m0/s1. The Labute approximate surface area is 215 Å². The molecule has 0 saturated heterocycles. The fourth-order valence-electron chi connectivity index (χ4n) is 4.38. The molecule has 192 valence electrons. The Kier molecular flexibility index (Phi) is 7.83. The number of hydrogen-bond acceptors (Lipinski definition) is 5. The zero-order chi connectivity index (χ0) is 26.5. The summed E-state index contributed by atoms with van der Waals surface area (Å²) in [5, 5.41) is 13.8. The number of amides is 2. The third kappa shape index (κ3) is 5.62. The van der Waals surface area contributed by atoms with Crippen LogP contribution in [0.15, 0.2) is 60.7 Å². The Morgan fingerprint density at radius 1 is 1.14 bits per heavy atom. The van der Waals surface area contributed by atoms with Crippen molar-refractivity contribution in [2.75, 3.05) is 11.9 Å². The maximum atomic E-state index is 14.1. The van der Waals surface area contributed by atoms with Gasteiger partial charge >= 0.3 is 0 Å². The van der Waals surface area contributed by atoms with Crippen molar-refractivity contribution >= 4 is 23.3 Å². The number of carbonyl (C=O) groups excluding carboxylic acids is 2. The van der Waals surface area contributed by atoms with Crippen molar-refractivity contribution in [2.45, 2.75) is 39.7 Å². The van der Waals surface area contributed by atoms with Crippen molar-refractivity contribution in [3.05, 3.63) is 99.9 Å². The normalized spacial score (nSPS) is 13.3. The molecule has 2 amide bonds. The van der Waals surface area contributed by atoms with Gasteiger partial charge < -0.3 is 26.0 Å². The number of benzene rings is 3. The number of anilines is 1. The van der Waals surface area contributed by atoms with E-state index in [-0.39, 0.29) is 43.8 Å². The van der Waals surface area contributed by atoms with E-state index >= 15 is 0 Å². The van der Waals surface area contributed by atoms with Crippen LogP contribution < -0.4 is 16.4 Å². The van der Waals surface area contributed by atoms with E-state index in [4.69, 9.17) is 15.9 Å². The van der Waals surface area contributed by atoms with Crippen LogP contribution in [0, 0.1) is 18.2 Å². The fourth-order valence-corrected chi connectivity index (χ4v) is 4.38. The van der Waals surface area contributed by atoms with Gasteiger partial charge in [0.15, 0.2) is 0 Å². The number of nitrogens with two attached hydrogens (primary N) is 1. The zero-order valence-corrected chi connectivity index (χ0v) is 20.8. The maximum Gasteiger partial charge on any atom is 0.270 e. The maximum absolute atomic E-state index is 14.1. The van der Waals surface area contributed by atoms with E-state index in [1.54, 1.807) is 43.3 Å². The van der Waals surface area contributed by atoms with E-state index in [1.807, 2.05) is 25.1 Å². The highest BCUT2D eigenvalue weighted by Crippen LogP contribution is 2.28. The molecule has 0 fully saturated rings. The molecular weight excluding hydrogens is 473 g/mol. The molecule has 0 bridgehead atoms. The van der Waals surface area contributed by atoms with Crippen molar-refractivity contribution in [3.8, 4) is 0 Å². The molecule has 1 aliphatic rings. The SMILES string of the molecule is CCO[C@@H](C(=O)NCc1ccc(C(=N)N)cc1NCc1ccccc1F)N1Cc2cccc(C)c2C1=O. The van der Waals surface area contributed by atoms with Gasteiger partial charge in [0.2, 0.25) is 6.23 Å². The van der Waals surface area contributed by atoms with Crippen LogP contribution in [0.1, 0.15) is 45.1 Å². The predicted octanol–water partition coefficient (Wildman–Crippen LogP) is 3.67. The van der Waals surface area contributed by atoms with E-state index in [9.17, 15) is 14.0 Å². The molecular formula is C28H30FN5O3. The Hall–Kier alpha value is -4.24. The van der Waals surface area contributed by atoms with Crippen LogP contribution in [0.5, 0.6) is 0 Å². The predicted molar refractivity (Wildman–Crippen MR) is 139 cm³/mol. The van der Waals surface area contributed by atoms with Crippen molar-refractivity contribution in [1.29, 1.82) is 5.41 Å². The van der Waals surface area contributed by atoms with Gasteiger partial charge in [-0.05, 0) is 42.7 Å². The molecule has 1 heterocycles. The number of rotatable bonds is 10. The summed E-state index contributed by atoms with van der Waals surface area (Å²) in [6, 6.07) is 17.2. The van der Waals surface area contributed by atoms with Crippen LogP contribution in [-0.4, -0.2) is 35.4 Å². The van der Waals surface area contributed by atoms with Gasteiger partial charge in [0.25, 0.3) is 11.8 Å². The number of aryl methyl sites for hydroxylation is 1. The van der Waals surface area contributed by atoms with Crippen LogP contribution in [0.4, 0.5) is 10.1 Å². The van der Waals surface area contributed by atoms with Crippen molar-refractivity contribution in [1.82, 2.24) is 10.2 Å². The molecule has 8 nitrogen and oxygen atoms in total. The molecule has 0 unspecified atom stereocenters. The summed E-state index contributed by atoms with van der Waals surface area (Å²) in [6.45, 7) is 4.50. The molecule has 0 radical (unpaired) electrons. The number of nitrogen functional groups attached to an aromatic ring is 1. The summed E-state index contributed by atoms with van der Waals surface area (Å²) in [4.78, 5) is 27.8. The first-order valence-electron chi connectivity index (χ1n) is 12.0.